The number of carbonyl (C=O) groups is 2. The molecule has 0 heterocycles. The van der Waals surface area contributed by atoms with Gasteiger partial charge in [-0.05, 0) is 30.7 Å². The lowest BCUT2D eigenvalue weighted by Gasteiger charge is -2.13. The third-order valence-electron chi connectivity index (χ3n) is 3.20. The van der Waals surface area contributed by atoms with Gasteiger partial charge in [-0.15, -0.1) is 0 Å². The molecular formula is C16H15FN2O2. The Balaban J connectivity index is 2.15. The summed E-state index contributed by atoms with van der Waals surface area (Å²) in [7, 11) is 0. The molecule has 0 aromatic heterocycles. The van der Waals surface area contributed by atoms with Crippen LogP contribution in [-0.4, -0.2) is 11.8 Å². The Kier molecular flexibility index (Phi) is 4.33. The number of carbonyl (C=O) groups excluding carboxylic acids is 2. The molecule has 4 nitrogen and oxygen atoms in total. The predicted octanol–water partition coefficient (Wildman–Crippen LogP) is 2.67. The average molecular weight is 286 g/mol. The molecule has 0 aliphatic heterocycles. The van der Waals surface area contributed by atoms with Crippen molar-refractivity contribution in [1.29, 1.82) is 0 Å². The lowest BCUT2D eigenvalue weighted by molar-refractivity contribution is -0.117. The van der Waals surface area contributed by atoms with Gasteiger partial charge in [-0.3, -0.25) is 9.59 Å². The van der Waals surface area contributed by atoms with Crippen molar-refractivity contribution in [1.82, 2.24) is 0 Å². The zero-order valence-corrected chi connectivity index (χ0v) is 11.5. The smallest absolute Gasteiger partial charge is 0.248 e. The first-order chi connectivity index (χ1) is 9.99. The van der Waals surface area contributed by atoms with E-state index in [-0.39, 0.29) is 17.2 Å². The van der Waals surface area contributed by atoms with Crippen LogP contribution >= 0.6 is 0 Å². The minimum atomic E-state index is -0.718. The molecule has 0 aliphatic carbocycles. The molecule has 1 atom stereocenters. The standard InChI is InChI=1S/C16H15FN2O2/c1-10(11-5-3-2-4-6-11)16(21)19-14-8-7-12(15(18)20)9-13(14)17/h2-10H,1H3,(H2,18,20)(H,19,21)/t10-/m0/s1. The van der Waals surface area contributed by atoms with Crippen molar-refractivity contribution < 1.29 is 14.0 Å². The second-order valence-corrected chi connectivity index (χ2v) is 4.68. The van der Waals surface area contributed by atoms with Crippen molar-refractivity contribution in [3.63, 3.8) is 0 Å². The van der Waals surface area contributed by atoms with Gasteiger partial charge in [0, 0.05) is 5.56 Å². The Morgan fingerprint density at radius 2 is 1.81 bits per heavy atom. The van der Waals surface area contributed by atoms with E-state index in [4.69, 9.17) is 5.73 Å². The van der Waals surface area contributed by atoms with Gasteiger partial charge in [-0.1, -0.05) is 30.3 Å². The summed E-state index contributed by atoms with van der Waals surface area (Å²) >= 11 is 0. The second kappa shape index (κ2) is 6.17. The number of primary amides is 1. The minimum Gasteiger partial charge on any atom is -0.366 e. The van der Waals surface area contributed by atoms with Crippen LogP contribution in [0, 0.1) is 5.82 Å². The highest BCUT2D eigenvalue weighted by atomic mass is 19.1. The van der Waals surface area contributed by atoms with E-state index >= 15 is 0 Å². The van der Waals surface area contributed by atoms with Crippen molar-refractivity contribution in [2.24, 2.45) is 5.73 Å². The molecule has 0 radical (unpaired) electrons. The molecule has 2 amide bonds. The second-order valence-electron chi connectivity index (χ2n) is 4.68. The van der Waals surface area contributed by atoms with Crippen LogP contribution in [0.3, 0.4) is 0 Å². The van der Waals surface area contributed by atoms with Gasteiger partial charge in [-0.2, -0.15) is 0 Å². The summed E-state index contributed by atoms with van der Waals surface area (Å²) in [5.41, 5.74) is 5.98. The van der Waals surface area contributed by atoms with E-state index in [1.165, 1.54) is 12.1 Å². The highest BCUT2D eigenvalue weighted by Crippen LogP contribution is 2.20. The summed E-state index contributed by atoms with van der Waals surface area (Å²) in [5, 5.41) is 2.51. The fourth-order valence-electron chi connectivity index (χ4n) is 1.90. The molecule has 108 valence electrons. The summed E-state index contributed by atoms with van der Waals surface area (Å²) in [6, 6.07) is 12.9. The molecule has 0 spiro atoms. The number of nitrogens with one attached hydrogen (secondary N) is 1. The van der Waals surface area contributed by atoms with Crippen LogP contribution in [0.15, 0.2) is 48.5 Å². The molecule has 2 aromatic carbocycles. The Morgan fingerprint density at radius 1 is 1.14 bits per heavy atom. The van der Waals surface area contributed by atoms with Crippen molar-refractivity contribution >= 4 is 17.5 Å². The number of anilines is 1. The predicted molar refractivity (Wildman–Crippen MR) is 78.4 cm³/mol. The van der Waals surface area contributed by atoms with Gasteiger partial charge in [0.15, 0.2) is 0 Å². The van der Waals surface area contributed by atoms with Crippen molar-refractivity contribution in [3.8, 4) is 0 Å². The highest BCUT2D eigenvalue weighted by molar-refractivity contribution is 5.97. The molecule has 2 aromatic rings. The van der Waals surface area contributed by atoms with E-state index in [9.17, 15) is 14.0 Å². The van der Waals surface area contributed by atoms with Gasteiger partial charge in [0.2, 0.25) is 11.8 Å². The van der Waals surface area contributed by atoms with Crippen molar-refractivity contribution in [2.75, 3.05) is 5.32 Å². The fraction of sp³-hybridized carbons (Fsp3) is 0.125. The lowest BCUT2D eigenvalue weighted by atomic mass is 10.0. The van der Waals surface area contributed by atoms with Crippen LogP contribution in [0.4, 0.5) is 10.1 Å². The number of halogens is 1. The van der Waals surface area contributed by atoms with Crippen molar-refractivity contribution in [3.05, 3.63) is 65.5 Å². The number of hydrogen-bond acceptors (Lipinski definition) is 2. The largest absolute Gasteiger partial charge is 0.366 e. The first-order valence-electron chi connectivity index (χ1n) is 6.44. The van der Waals surface area contributed by atoms with Gasteiger partial charge < -0.3 is 11.1 Å². The molecule has 0 unspecified atom stereocenters. The fourth-order valence-corrected chi connectivity index (χ4v) is 1.90. The minimum absolute atomic E-state index is 0.0211. The van der Waals surface area contributed by atoms with Gasteiger partial charge in [0.1, 0.15) is 5.82 Å². The van der Waals surface area contributed by atoms with Gasteiger partial charge in [0.05, 0.1) is 11.6 Å². The Hall–Kier alpha value is -2.69. The van der Waals surface area contributed by atoms with Crippen LogP contribution < -0.4 is 11.1 Å². The van der Waals surface area contributed by atoms with E-state index in [1.807, 2.05) is 30.3 Å². The van der Waals surface area contributed by atoms with Crippen molar-refractivity contribution in [2.45, 2.75) is 12.8 Å². The Morgan fingerprint density at radius 3 is 2.38 bits per heavy atom. The number of benzene rings is 2. The first-order valence-corrected chi connectivity index (χ1v) is 6.44. The molecule has 0 aliphatic rings. The van der Waals surface area contributed by atoms with Gasteiger partial charge in [-0.25, -0.2) is 4.39 Å². The molecular weight excluding hydrogens is 271 g/mol. The van der Waals surface area contributed by atoms with Crippen LogP contribution in [0.2, 0.25) is 0 Å². The Labute approximate surface area is 121 Å². The van der Waals surface area contributed by atoms with E-state index in [1.54, 1.807) is 6.92 Å². The molecule has 5 heteroatoms. The number of nitrogens with two attached hydrogens (primary N) is 1. The quantitative estimate of drug-likeness (QED) is 0.907. The maximum atomic E-state index is 13.8. The third kappa shape index (κ3) is 3.45. The number of amides is 2. The molecule has 0 saturated carbocycles. The molecule has 0 bridgehead atoms. The first kappa shape index (κ1) is 14.7. The summed E-state index contributed by atoms with van der Waals surface area (Å²) in [6.07, 6.45) is 0. The molecule has 2 rings (SSSR count). The maximum absolute atomic E-state index is 13.8. The summed E-state index contributed by atoms with van der Waals surface area (Å²) < 4.78 is 13.8. The zero-order chi connectivity index (χ0) is 15.4. The zero-order valence-electron chi connectivity index (χ0n) is 11.5. The van der Waals surface area contributed by atoms with E-state index in [0.29, 0.717) is 0 Å². The normalized spacial score (nSPS) is 11.7. The third-order valence-corrected chi connectivity index (χ3v) is 3.20. The molecule has 0 fully saturated rings. The van der Waals surface area contributed by atoms with Crippen LogP contribution in [0.1, 0.15) is 28.8 Å². The van der Waals surface area contributed by atoms with E-state index in [0.717, 1.165) is 11.6 Å². The summed E-state index contributed by atoms with van der Waals surface area (Å²) in [5.74, 6) is -2.15. The van der Waals surface area contributed by atoms with Gasteiger partial charge in [0.25, 0.3) is 0 Å². The molecule has 0 saturated heterocycles. The summed E-state index contributed by atoms with van der Waals surface area (Å²) in [4.78, 5) is 23.1. The van der Waals surface area contributed by atoms with Crippen LogP contribution in [0.25, 0.3) is 0 Å². The average Bonchev–Trinajstić information content (AvgIpc) is 2.49. The molecule has 3 N–H and O–H groups in total. The number of hydrogen-bond donors (Lipinski definition) is 2. The number of rotatable bonds is 4. The van der Waals surface area contributed by atoms with Crippen LogP contribution in [0.5, 0.6) is 0 Å². The van der Waals surface area contributed by atoms with Crippen LogP contribution in [-0.2, 0) is 4.79 Å². The van der Waals surface area contributed by atoms with E-state index in [2.05, 4.69) is 5.32 Å². The maximum Gasteiger partial charge on any atom is 0.248 e. The van der Waals surface area contributed by atoms with Gasteiger partial charge >= 0.3 is 0 Å². The Bertz CT molecular complexity index is 671. The highest BCUT2D eigenvalue weighted by Gasteiger charge is 2.17. The summed E-state index contributed by atoms with van der Waals surface area (Å²) in [6.45, 7) is 1.74. The SMILES string of the molecule is C[C@H](C(=O)Nc1ccc(C(N)=O)cc1F)c1ccccc1. The van der Waals surface area contributed by atoms with E-state index < -0.39 is 17.6 Å². The molecule has 21 heavy (non-hydrogen) atoms. The monoisotopic (exact) mass is 286 g/mol. The topological polar surface area (TPSA) is 72.2 Å². The lowest BCUT2D eigenvalue weighted by Crippen LogP contribution is -2.20.